The molecule has 0 spiro atoms. The number of thiophene rings is 1. The van der Waals surface area contributed by atoms with E-state index >= 15 is 0 Å². The Bertz CT molecular complexity index is 961. The molecule has 0 saturated heterocycles. The topological polar surface area (TPSA) is 84.3 Å². The molecule has 2 heterocycles. The number of carbonyl (C=O) groups is 1. The van der Waals surface area contributed by atoms with E-state index in [9.17, 15) is 13.6 Å². The molecule has 6 nitrogen and oxygen atoms in total. The summed E-state index contributed by atoms with van der Waals surface area (Å²) in [6, 6.07) is 9.43. The zero-order chi connectivity index (χ0) is 20.1. The van der Waals surface area contributed by atoms with Gasteiger partial charge in [0.15, 0.2) is 5.82 Å². The van der Waals surface area contributed by atoms with Crippen LogP contribution >= 0.6 is 11.3 Å². The highest BCUT2D eigenvalue weighted by Gasteiger charge is 2.16. The number of aryl methyl sites for hydroxylation is 1. The molecule has 0 fully saturated rings. The smallest absolute Gasteiger partial charge is 0.387 e. The molecule has 146 valence electrons. The molecule has 1 aromatic carbocycles. The van der Waals surface area contributed by atoms with Crippen LogP contribution in [-0.2, 0) is 0 Å². The average molecular weight is 405 g/mol. The first-order chi connectivity index (χ1) is 13.5. The lowest BCUT2D eigenvalue weighted by atomic mass is 10.1. The van der Waals surface area contributed by atoms with Gasteiger partial charge in [-0.2, -0.15) is 8.78 Å². The number of carbonyl (C=O) groups excluding carboxylic acids is 1. The van der Waals surface area contributed by atoms with Gasteiger partial charge in [0, 0.05) is 12.1 Å². The van der Waals surface area contributed by atoms with Gasteiger partial charge in [-0.1, -0.05) is 0 Å². The van der Waals surface area contributed by atoms with Crippen LogP contribution in [0.3, 0.4) is 0 Å². The van der Waals surface area contributed by atoms with Crippen molar-refractivity contribution >= 4 is 17.2 Å². The molecule has 0 aliphatic rings. The molecular weight excluding hydrogens is 388 g/mol. The van der Waals surface area contributed by atoms with Crippen molar-refractivity contribution in [3.05, 3.63) is 53.0 Å². The normalized spacial score (nSPS) is 10.9. The second-order valence-electron chi connectivity index (χ2n) is 5.78. The van der Waals surface area contributed by atoms with E-state index in [0.717, 1.165) is 10.4 Å². The van der Waals surface area contributed by atoms with Gasteiger partial charge in [0.05, 0.1) is 17.2 Å². The number of aromatic nitrogens is 2. The zero-order valence-electron chi connectivity index (χ0n) is 14.9. The molecule has 2 N–H and O–H groups in total. The molecule has 0 aliphatic heterocycles. The highest BCUT2D eigenvalue weighted by molar-refractivity contribution is 7.13. The summed E-state index contributed by atoms with van der Waals surface area (Å²) >= 11 is 1.45. The summed E-state index contributed by atoms with van der Waals surface area (Å²) in [6.07, 6.45) is 0. The Kier molecular flexibility index (Phi) is 6.27. The van der Waals surface area contributed by atoms with Crippen molar-refractivity contribution in [1.29, 1.82) is 0 Å². The molecular formula is C19H17F2N3O3S. The van der Waals surface area contributed by atoms with Gasteiger partial charge in [0.2, 0.25) is 0 Å². The van der Waals surface area contributed by atoms with Crippen LogP contribution in [0.4, 0.5) is 8.78 Å². The average Bonchev–Trinajstić information content (AvgIpc) is 3.12. The predicted molar refractivity (Wildman–Crippen MR) is 102 cm³/mol. The van der Waals surface area contributed by atoms with Crippen LogP contribution in [0.2, 0.25) is 0 Å². The lowest BCUT2D eigenvalue weighted by molar-refractivity contribution is -0.0498. The number of nitrogens with one attached hydrogen (secondary N) is 1. The second-order valence-corrected chi connectivity index (χ2v) is 6.69. The fraction of sp³-hybridized carbons (Fsp3) is 0.211. The summed E-state index contributed by atoms with van der Waals surface area (Å²) in [4.78, 5) is 22.1. The molecule has 0 aliphatic carbocycles. The van der Waals surface area contributed by atoms with E-state index in [1.807, 2.05) is 18.4 Å². The third kappa shape index (κ3) is 4.68. The lowest BCUT2D eigenvalue weighted by Gasteiger charge is -2.10. The van der Waals surface area contributed by atoms with Gasteiger partial charge in [0.25, 0.3) is 5.91 Å². The van der Waals surface area contributed by atoms with Crippen molar-refractivity contribution in [3.8, 4) is 27.7 Å². The maximum absolute atomic E-state index is 12.4. The number of benzene rings is 1. The first-order valence-electron chi connectivity index (χ1n) is 8.36. The summed E-state index contributed by atoms with van der Waals surface area (Å²) in [5, 5.41) is 13.4. The Labute approximate surface area is 163 Å². The van der Waals surface area contributed by atoms with E-state index in [0.29, 0.717) is 17.1 Å². The number of rotatable bonds is 7. The molecule has 9 heteroatoms. The number of hydrogen-bond acceptors (Lipinski definition) is 6. The predicted octanol–water partition coefficient (Wildman–Crippen LogP) is 3.50. The zero-order valence-corrected chi connectivity index (χ0v) is 15.7. The van der Waals surface area contributed by atoms with Crippen molar-refractivity contribution in [2.45, 2.75) is 13.5 Å². The molecule has 0 unspecified atom stereocenters. The minimum Gasteiger partial charge on any atom is -0.435 e. The first-order valence-corrected chi connectivity index (χ1v) is 9.23. The molecule has 1 amide bonds. The molecule has 0 saturated carbocycles. The van der Waals surface area contributed by atoms with E-state index in [4.69, 9.17) is 5.11 Å². The maximum Gasteiger partial charge on any atom is 0.387 e. The number of aliphatic hydroxyl groups is 1. The van der Waals surface area contributed by atoms with Gasteiger partial charge in [-0.15, -0.1) is 11.3 Å². The van der Waals surface area contributed by atoms with Gasteiger partial charge in [0.1, 0.15) is 11.4 Å². The van der Waals surface area contributed by atoms with Crippen molar-refractivity contribution < 1.29 is 23.4 Å². The number of amides is 1. The summed E-state index contributed by atoms with van der Waals surface area (Å²) in [7, 11) is 0. The third-order valence-electron chi connectivity index (χ3n) is 3.80. The van der Waals surface area contributed by atoms with Crippen molar-refractivity contribution in [3.63, 3.8) is 0 Å². The summed E-state index contributed by atoms with van der Waals surface area (Å²) in [5.74, 6) is -0.0130. The van der Waals surface area contributed by atoms with Crippen LogP contribution < -0.4 is 10.1 Å². The van der Waals surface area contributed by atoms with E-state index in [-0.39, 0.29) is 24.6 Å². The Morgan fingerprint density at radius 2 is 2.00 bits per heavy atom. The second kappa shape index (κ2) is 8.85. The van der Waals surface area contributed by atoms with Crippen molar-refractivity contribution in [2.75, 3.05) is 13.2 Å². The molecule has 3 rings (SSSR count). The molecule has 0 bridgehead atoms. The van der Waals surface area contributed by atoms with Crippen LogP contribution in [0.5, 0.6) is 5.75 Å². The monoisotopic (exact) mass is 405 g/mol. The fourth-order valence-electron chi connectivity index (χ4n) is 2.48. The van der Waals surface area contributed by atoms with Gasteiger partial charge in [-0.3, -0.25) is 4.79 Å². The van der Waals surface area contributed by atoms with Crippen LogP contribution in [0.1, 0.15) is 16.1 Å². The van der Waals surface area contributed by atoms with Gasteiger partial charge in [-0.25, -0.2) is 9.97 Å². The van der Waals surface area contributed by atoms with Crippen molar-refractivity contribution in [1.82, 2.24) is 15.3 Å². The largest absolute Gasteiger partial charge is 0.435 e. The standard InChI is InChI=1S/C19H17F2N3O3S/c1-11-6-9-28-16(11)17-23-14(10-15(24-17)18(26)22-7-8-25)12-2-4-13(5-3-12)27-19(20)21/h2-6,9-10,19,25H,7-8H2,1H3,(H,22,26). The number of nitrogens with zero attached hydrogens (tertiary/aromatic N) is 2. The number of hydrogen-bond donors (Lipinski definition) is 2. The van der Waals surface area contributed by atoms with Crippen molar-refractivity contribution in [2.24, 2.45) is 0 Å². The molecule has 3 aromatic rings. The summed E-state index contributed by atoms with van der Waals surface area (Å²) < 4.78 is 29.0. The Balaban J connectivity index is 2.02. The van der Waals surface area contributed by atoms with Crippen LogP contribution in [0, 0.1) is 6.92 Å². The van der Waals surface area contributed by atoms with E-state index in [1.54, 1.807) is 12.1 Å². The lowest BCUT2D eigenvalue weighted by Crippen LogP contribution is -2.27. The Morgan fingerprint density at radius 1 is 1.25 bits per heavy atom. The van der Waals surface area contributed by atoms with E-state index in [2.05, 4.69) is 20.0 Å². The number of aliphatic hydroxyl groups excluding tert-OH is 1. The number of halogens is 2. The van der Waals surface area contributed by atoms with Gasteiger partial charge < -0.3 is 15.2 Å². The summed E-state index contributed by atoms with van der Waals surface area (Å²) in [5.41, 5.74) is 2.21. The molecule has 28 heavy (non-hydrogen) atoms. The fourth-order valence-corrected chi connectivity index (χ4v) is 3.34. The van der Waals surface area contributed by atoms with E-state index < -0.39 is 12.5 Å². The minimum atomic E-state index is -2.90. The third-order valence-corrected chi connectivity index (χ3v) is 4.81. The highest BCUT2D eigenvalue weighted by Crippen LogP contribution is 2.29. The number of ether oxygens (including phenoxy) is 1. The Hall–Kier alpha value is -2.91. The number of alkyl halides is 2. The molecule has 2 aromatic heterocycles. The highest BCUT2D eigenvalue weighted by atomic mass is 32.1. The SMILES string of the molecule is Cc1ccsc1-c1nc(C(=O)NCCO)cc(-c2ccc(OC(F)F)cc2)n1. The maximum atomic E-state index is 12.4. The van der Waals surface area contributed by atoms with Crippen LogP contribution in [0.25, 0.3) is 22.0 Å². The Morgan fingerprint density at radius 3 is 2.61 bits per heavy atom. The van der Waals surface area contributed by atoms with Crippen LogP contribution in [-0.4, -0.2) is 40.7 Å². The molecule has 0 atom stereocenters. The van der Waals surface area contributed by atoms with Gasteiger partial charge >= 0.3 is 6.61 Å². The summed E-state index contributed by atoms with van der Waals surface area (Å²) in [6.45, 7) is -1.07. The minimum absolute atomic E-state index is 0.0306. The van der Waals surface area contributed by atoms with E-state index in [1.165, 1.54) is 29.5 Å². The van der Waals surface area contributed by atoms with Crippen LogP contribution in [0.15, 0.2) is 41.8 Å². The quantitative estimate of drug-likeness (QED) is 0.629. The molecule has 0 radical (unpaired) electrons. The first kappa shape index (κ1) is 19.8. The van der Waals surface area contributed by atoms with Gasteiger partial charge in [-0.05, 0) is 54.3 Å².